The second-order valence-corrected chi connectivity index (χ2v) is 7.83. The predicted octanol–water partition coefficient (Wildman–Crippen LogP) is 1.03. The van der Waals surface area contributed by atoms with Crippen molar-refractivity contribution in [3.05, 3.63) is 23.5 Å². The van der Waals surface area contributed by atoms with E-state index >= 15 is 0 Å². The Hall–Kier alpha value is -1.37. The summed E-state index contributed by atoms with van der Waals surface area (Å²) in [6.45, 7) is 9.10. The standard InChI is InChI=1S/C19H32N4O2/c1-15-18(4-5-20-15)19(25)23-12-16(10-17(13-23)14-24)11-22-7-3-6-21(2)8-9-22/h4-5,16-17,20,24H,3,6-14H2,1-2H3/t16-,17-/m1/s1. The fourth-order valence-corrected chi connectivity index (χ4v) is 4.25. The van der Waals surface area contributed by atoms with Gasteiger partial charge in [0.05, 0.1) is 5.56 Å². The third-order valence-corrected chi connectivity index (χ3v) is 5.68. The molecule has 6 heteroatoms. The van der Waals surface area contributed by atoms with Gasteiger partial charge in [0.2, 0.25) is 0 Å². The van der Waals surface area contributed by atoms with Crippen molar-refractivity contribution >= 4 is 5.91 Å². The number of aliphatic hydroxyl groups is 1. The quantitative estimate of drug-likeness (QED) is 0.853. The molecule has 2 saturated heterocycles. The van der Waals surface area contributed by atoms with Crippen LogP contribution in [0.5, 0.6) is 0 Å². The molecule has 1 aromatic rings. The first-order chi connectivity index (χ1) is 12.1. The van der Waals surface area contributed by atoms with Gasteiger partial charge in [0.1, 0.15) is 0 Å². The molecular weight excluding hydrogens is 316 g/mol. The summed E-state index contributed by atoms with van der Waals surface area (Å²) in [6, 6.07) is 1.86. The van der Waals surface area contributed by atoms with E-state index in [0.717, 1.165) is 56.9 Å². The van der Waals surface area contributed by atoms with Gasteiger partial charge in [-0.3, -0.25) is 4.79 Å². The highest BCUT2D eigenvalue weighted by Crippen LogP contribution is 2.25. The van der Waals surface area contributed by atoms with Gasteiger partial charge in [-0.1, -0.05) is 0 Å². The Kier molecular flexibility index (Phi) is 6.15. The normalized spacial score (nSPS) is 26.6. The minimum atomic E-state index is 0.0949. The summed E-state index contributed by atoms with van der Waals surface area (Å²) in [4.78, 5) is 22.9. The Morgan fingerprint density at radius 1 is 1.24 bits per heavy atom. The third kappa shape index (κ3) is 4.63. The monoisotopic (exact) mass is 348 g/mol. The van der Waals surface area contributed by atoms with E-state index in [1.807, 2.05) is 24.1 Å². The van der Waals surface area contributed by atoms with E-state index in [1.54, 1.807) is 0 Å². The maximum absolute atomic E-state index is 12.9. The molecule has 2 aliphatic heterocycles. The number of likely N-dealkylation sites (tertiary alicyclic amines) is 1. The minimum absolute atomic E-state index is 0.0949. The van der Waals surface area contributed by atoms with Crippen LogP contribution in [0, 0.1) is 18.8 Å². The van der Waals surface area contributed by atoms with E-state index in [4.69, 9.17) is 0 Å². The summed E-state index contributed by atoms with van der Waals surface area (Å²) in [7, 11) is 2.19. The summed E-state index contributed by atoms with van der Waals surface area (Å²) in [5.41, 5.74) is 1.68. The van der Waals surface area contributed by atoms with E-state index in [9.17, 15) is 9.90 Å². The molecule has 2 fully saturated rings. The van der Waals surface area contributed by atoms with Gasteiger partial charge in [-0.25, -0.2) is 0 Å². The van der Waals surface area contributed by atoms with Gasteiger partial charge in [0, 0.05) is 51.2 Å². The number of piperidine rings is 1. The Bertz CT molecular complexity index is 574. The maximum atomic E-state index is 12.9. The molecule has 0 aromatic carbocycles. The summed E-state index contributed by atoms with van der Waals surface area (Å²) in [5.74, 6) is 0.728. The minimum Gasteiger partial charge on any atom is -0.396 e. The zero-order chi connectivity index (χ0) is 17.8. The lowest BCUT2D eigenvalue weighted by Crippen LogP contribution is -2.48. The lowest BCUT2D eigenvalue weighted by atomic mass is 9.88. The highest BCUT2D eigenvalue weighted by Gasteiger charge is 2.32. The van der Waals surface area contributed by atoms with Gasteiger partial charge in [0.15, 0.2) is 0 Å². The van der Waals surface area contributed by atoms with Gasteiger partial charge in [-0.15, -0.1) is 0 Å². The summed E-state index contributed by atoms with van der Waals surface area (Å²) in [5, 5.41) is 9.71. The molecule has 0 saturated carbocycles. The number of carbonyl (C=O) groups is 1. The molecule has 0 aliphatic carbocycles. The molecule has 6 nitrogen and oxygen atoms in total. The highest BCUT2D eigenvalue weighted by molar-refractivity contribution is 5.95. The lowest BCUT2D eigenvalue weighted by Gasteiger charge is -2.39. The van der Waals surface area contributed by atoms with Crippen LogP contribution in [0.25, 0.3) is 0 Å². The Labute approximate surface area is 150 Å². The number of rotatable bonds is 4. The smallest absolute Gasteiger partial charge is 0.255 e. The van der Waals surface area contributed by atoms with Crippen LogP contribution >= 0.6 is 0 Å². The van der Waals surface area contributed by atoms with E-state index in [-0.39, 0.29) is 18.4 Å². The van der Waals surface area contributed by atoms with Crippen molar-refractivity contribution in [2.75, 3.05) is 59.5 Å². The van der Waals surface area contributed by atoms with Crippen LogP contribution < -0.4 is 0 Å². The molecule has 1 amide bonds. The highest BCUT2D eigenvalue weighted by atomic mass is 16.3. The molecule has 2 aliphatic rings. The number of aromatic nitrogens is 1. The molecule has 3 rings (SSSR count). The average molecular weight is 348 g/mol. The molecule has 2 atom stereocenters. The number of aromatic amines is 1. The first kappa shape index (κ1) is 18.4. The number of nitrogens with one attached hydrogen (secondary N) is 1. The molecule has 2 N–H and O–H groups in total. The van der Waals surface area contributed by atoms with Crippen molar-refractivity contribution < 1.29 is 9.90 Å². The molecule has 0 bridgehead atoms. The van der Waals surface area contributed by atoms with Gasteiger partial charge in [0.25, 0.3) is 5.91 Å². The number of carbonyl (C=O) groups excluding carboxylic acids is 1. The van der Waals surface area contributed by atoms with Crippen molar-refractivity contribution in [2.24, 2.45) is 11.8 Å². The van der Waals surface area contributed by atoms with Gasteiger partial charge in [-0.2, -0.15) is 0 Å². The van der Waals surface area contributed by atoms with E-state index in [0.29, 0.717) is 12.5 Å². The Morgan fingerprint density at radius 2 is 2.04 bits per heavy atom. The number of H-pyrrole nitrogens is 1. The number of aryl methyl sites for hydroxylation is 1. The number of hydrogen-bond donors (Lipinski definition) is 2. The molecule has 3 heterocycles. The van der Waals surface area contributed by atoms with Crippen molar-refractivity contribution in [1.82, 2.24) is 19.7 Å². The van der Waals surface area contributed by atoms with Crippen molar-refractivity contribution in [1.29, 1.82) is 0 Å². The van der Waals surface area contributed by atoms with Crippen LogP contribution in [-0.4, -0.2) is 90.2 Å². The topological polar surface area (TPSA) is 62.8 Å². The average Bonchev–Trinajstić information content (AvgIpc) is 2.93. The maximum Gasteiger partial charge on any atom is 0.255 e. The van der Waals surface area contributed by atoms with Crippen LogP contribution in [0.15, 0.2) is 12.3 Å². The van der Waals surface area contributed by atoms with Gasteiger partial charge >= 0.3 is 0 Å². The second-order valence-electron chi connectivity index (χ2n) is 7.83. The van der Waals surface area contributed by atoms with Gasteiger partial charge in [-0.05, 0) is 57.8 Å². The zero-order valence-electron chi connectivity index (χ0n) is 15.6. The molecule has 0 unspecified atom stereocenters. The summed E-state index contributed by atoms with van der Waals surface area (Å²) >= 11 is 0. The lowest BCUT2D eigenvalue weighted by molar-refractivity contribution is 0.0453. The Morgan fingerprint density at radius 3 is 2.76 bits per heavy atom. The fraction of sp³-hybridized carbons (Fsp3) is 0.737. The van der Waals surface area contributed by atoms with Crippen LogP contribution in [0.1, 0.15) is 28.9 Å². The molecule has 140 valence electrons. The zero-order valence-corrected chi connectivity index (χ0v) is 15.6. The predicted molar refractivity (Wildman–Crippen MR) is 98.7 cm³/mol. The number of nitrogens with zero attached hydrogens (tertiary/aromatic N) is 3. The molecular formula is C19H32N4O2. The van der Waals surface area contributed by atoms with E-state index in [2.05, 4.69) is 21.8 Å². The summed E-state index contributed by atoms with van der Waals surface area (Å²) < 4.78 is 0. The van der Waals surface area contributed by atoms with Crippen molar-refractivity contribution in [3.8, 4) is 0 Å². The van der Waals surface area contributed by atoms with Crippen LogP contribution in [0.2, 0.25) is 0 Å². The first-order valence-electron chi connectivity index (χ1n) is 9.51. The number of likely N-dealkylation sites (N-methyl/N-ethyl adjacent to an activating group) is 1. The fourth-order valence-electron chi connectivity index (χ4n) is 4.25. The number of aliphatic hydroxyl groups excluding tert-OH is 1. The Balaban J connectivity index is 1.64. The van der Waals surface area contributed by atoms with Crippen LogP contribution in [0.3, 0.4) is 0 Å². The van der Waals surface area contributed by atoms with Gasteiger partial charge < -0.3 is 24.8 Å². The molecule has 0 spiro atoms. The van der Waals surface area contributed by atoms with Crippen molar-refractivity contribution in [2.45, 2.75) is 19.8 Å². The third-order valence-electron chi connectivity index (χ3n) is 5.68. The molecule has 1 aromatic heterocycles. The molecule has 25 heavy (non-hydrogen) atoms. The first-order valence-corrected chi connectivity index (χ1v) is 9.51. The largest absolute Gasteiger partial charge is 0.396 e. The van der Waals surface area contributed by atoms with E-state index in [1.165, 1.54) is 6.42 Å². The van der Waals surface area contributed by atoms with Crippen LogP contribution in [-0.2, 0) is 0 Å². The molecule has 0 radical (unpaired) electrons. The second kappa shape index (κ2) is 8.34. The number of amides is 1. The summed E-state index contributed by atoms with van der Waals surface area (Å²) in [6.07, 6.45) is 4.04. The van der Waals surface area contributed by atoms with Crippen LogP contribution in [0.4, 0.5) is 0 Å². The SMILES string of the molecule is Cc1[nH]ccc1C(=O)N1C[C@H](CO)C[C@H](CN2CCCN(C)CC2)C1. The van der Waals surface area contributed by atoms with Crippen molar-refractivity contribution in [3.63, 3.8) is 0 Å². The van der Waals surface area contributed by atoms with E-state index < -0.39 is 0 Å². The number of hydrogen-bond acceptors (Lipinski definition) is 4.